The number of carbonyl (C=O) groups is 3. The van der Waals surface area contributed by atoms with Crippen LogP contribution in [0.3, 0.4) is 0 Å². The number of aryl methyl sites for hydroxylation is 1. The quantitative estimate of drug-likeness (QED) is 0.750. The van der Waals surface area contributed by atoms with E-state index in [-0.39, 0.29) is 31.4 Å². The van der Waals surface area contributed by atoms with Crippen LogP contribution in [0.5, 0.6) is 0 Å². The van der Waals surface area contributed by atoms with Gasteiger partial charge in [0.25, 0.3) is 0 Å². The summed E-state index contributed by atoms with van der Waals surface area (Å²) in [5.41, 5.74) is 2.96. The predicted molar refractivity (Wildman–Crippen MR) is 110 cm³/mol. The molecular weight excluding hydrogens is 368 g/mol. The van der Waals surface area contributed by atoms with Crippen molar-refractivity contribution in [1.82, 2.24) is 0 Å². The Balaban J connectivity index is 1.57. The number of amides is 2. The normalized spacial score (nSPS) is 18.5. The SMILES string of the molecule is CCOC(=O)c1ccccc1N1CC(C(=O)N2CCCc3ccccc32)CC1=O. The maximum absolute atomic E-state index is 13.3. The van der Waals surface area contributed by atoms with E-state index in [0.29, 0.717) is 17.8 Å². The summed E-state index contributed by atoms with van der Waals surface area (Å²) in [5.74, 6) is -1.06. The minimum absolute atomic E-state index is 0.0263. The van der Waals surface area contributed by atoms with Crippen molar-refractivity contribution < 1.29 is 19.1 Å². The molecule has 2 aliphatic rings. The van der Waals surface area contributed by atoms with Gasteiger partial charge in [0.05, 0.1) is 23.8 Å². The zero-order valence-corrected chi connectivity index (χ0v) is 16.5. The van der Waals surface area contributed by atoms with E-state index in [1.54, 1.807) is 36.1 Å². The zero-order valence-electron chi connectivity index (χ0n) is 16.5. The van der Waals surface area contributed by atoms with Crippen molar-refractivity contribution in [2.45, 2.75) is 26.2 Å². The molecule has 1 atom stereocenters. The van der Waals surface area contributed by atoms with Gasteiger partial charge >= 0.3 is 5.97 Å². The first-order valence-electron chi connectivity index (χ1n) is 10.1. The highest BCUT2D eigenvalue weighted by molar-refractivity contribution is 6.07. The van der Waals surface area contributed by atoms with Crippen LogP contribution in [-0.4, -0.2) is 37.5 Å². The summed E-state index contributed by atoms with van der Waals surface area (Å²) in [4.78, 5) is 41.7. The number of fused-ring (bicyclic) bond motifs is 1. The van der Waals surface area contributed by atoms with Crippen LogP contribution in [0.15, 0.2) is 48.5 Å². The maximum Gasteiger partial charge on any atom is 0.340 e. The summed E-state index contributed by atoms with van der Waals surface area (Å²) in [6, 6.07) is 14.8. The first-order valence-corrected chi connectivity index (χ1v) is 10.1. The van der Waals surface area contributed by atoms with Crippen molar-refractivity contribution in [3.8, 4) is 0 Å². The van der Waals surface area contributed by atoms with Crippen LogP contribution in [0.4, 0.5) is 11.4 Å². The van der Waals surface area contributed by atoms with Crippen molar-refractivity contribution in [3.05, 3.63) is 59.7 Å². The highest BCUT2D eigenvalue weighted by Gasteiger charge is 2.39. The molecule has 4 rings (SSSR count). The molecule has 0 spiro atoms. The van der Waals surface area contributed by atoms with Gasteiger partial charge in [-0.3, -0.25) is 9.59 Å². The third kappa shape index (κ3) is 3.62. The lowest BCUT2D eigenvalue weighted by molar-refractivity contribution is -0.124. The number of ether oxygens (including phenoxy) is 1. The molecule has 2 aromatic carbocycles. The topological polar surface area (TPSA) is 66.9 Å². The van der Waals surface area contributed by atoms with Gasteiger partial charge in [-0.05, 0) is 43.5 Å². The number of benzene rings is 2. The van der Waals surface area contributed by atoms with Crippen LogP contribution in [0.25, 0.3) is 0 Å². The second-order valence-corrected chi connectivity index (χ2v) is 7.37. The molecule has 1 saturated heterocycles. The first-order chi connectivity index (χ1) is 14.1. The summed E-state index contributed by atoms with van der Waals surface area (Å²) < 4.78 is 5.12. The number of hydrogen-bond donors (Lipinski definition) is 0. The molecule has 2 amide bonds. The molecule has 0 bridgehead atoms. The number of para-hydroxylation sites is 2. The number of anilines is 2. The molecule has 0 N–H and O–H groups in total. The third-order valence-corrected chi connectivity index (χ3v) is 5.54. The molecule has 150 valence electrons. The van der Waals surface area contributed by atoms with Crippen LogP contribution in [-0.2, 0) is 20.7 Å². The van der Waals surface area contributed by atoms with Gasteiger partial charge in [-0.1, -0.05) is 30.3 Å². The molecule has 0 aliphatic carbocycles. The summed E-state index contributed by atoms with van der Waals surface area (Å²) >= 11 is 0. The fraction of sp³-hybridized carbons (Fsp3) is 0.348. The number of hydrogen-bond acceptors (Lipinski definition) is 4. The Kier molecular flexibility index (Phi) is 5.34. The second kappa shape index (κ2) is 8.07. The van der Waals surface area contributed by atoms with Crippen LogP contribution in [0.2, 0.25) is 0 Å². The number of rotatable bonds is 4. The Hall–Kier alpha value is -3.15. The smallest absolute Gasteiger partial charge is 0.340 e. The third-order valence-electron chi connectivity index (χ3n) is 5.54. The van der Waals surface area contributed by atoms with Crippen LogP contribution >= 0.6 is 0 Å². The standard InChI is InChI=1S/C23H24N2O4/c1-2-29-23(28)18-10-4-6-12-20(18)25-15-17(14-21(25)26)22(27)24-13-7-9-16-8-3-5-11-19(16)24/h3-6,8,10-12,17H,2,7,9,13-15H2,1H3. The molecule has 6 nitrogen and oxygen atoms in total. The summed E-state index contributed by atoms with van der Waals surface area (Å²) in [5, 5.41) is 0. The summed E-state index contributed by atoms with van der Waals surface area (Å²) in [6.07, 6.45) is 2.02. The van der Waals surface area contributed by atoms with Crippen molar-refractivity contribution in [1.29, 1.82) is 0 Å². The van der Waals surface area contributed by atoms with Gasteiger partial charge in [0.15, 0.2) is 0 Å². The Morgan fingerprint density at radius 1 is 1.07 bits per heavy atom. The van der Waals surface area contributed by atoms with Crippen molar-refractivity contribution >= 4 is 29.2 Å². The van der Waals surface area contributed by atoms with Crippen molar-refractivity contribution in [3.63, 3.8) is 0 Å². The van der Waals surface area contributed by atoms with E-state index in [1.807, 2.05) is 23.1 Å². The zero-order chi connectivity index (χ0) is 20.4. The van der Waals surface area contributed by atoms with E-state index in [1.165, 1.54) is 5.56 Å². The van der Waals surface area contributed by atoms with Gasteiger partial charge in [-0.25, -0.2) is 4.79 Å². The van der Waals surface area contributed by atoms with E-state index < -0.39 is 11.9 Å². The molecule has 2 aliphatic heterocycles. The molecule has 0 aromatic heterocycles. The van der Waals surface area contributed by atoms with Gasteiger partial charge in [-0.15, -0.1) is 0 Å². The van der Waals surface area contributed by atoms with Gasteiger partial charge in [0.2, 0.25) is 11.8 Å². The lowest BCUT2D eigenvalue weighted by Gasteiger charge is -2.31. The Bertz CT molecular complexity index is 955. The number of carbonyl (C=O) groups excluding carboxylic acids is 3. The van der Waals surface area contributed by atoms with E-state index in [0.717, 1.165) is 18.5 Å². The average Bonchev–Trinajstić information content (AvgIpc) is 3.14. The molecule has 2 heterocycles. The fourth-order valence-electron chi connectivity index (χ4n) is 4.18. The molecular formula is C23H24N2O4. The fourth-order valence-corrected chi connectivity index (χ4v) is 4.18. The van der Waals surface area contributed by atoms with Gasteiger partial charge in [-0.2, -0.15) is 0 Å². The monoisotopic (exact) mass is 392 g/mol. The molecule has 2 aromatic rings. The van der Waals surface area contributed by atoms with E-state index >= 15 is 0 Å². The largest absolute Gasteiger partial charge is 0.462 e. The second-order valence-electron chi connectivity index (χ2n) is 7.37. The van der Waals surface area contributed by atoms with Crippen LogP contribution < -0.4 is 9.80 Å². The predicted octanol–water partition coefficient (Wildman–Crippen LogP) is 3.20. The minimum atomic E-state index is -0.462. The maximum atomic E-state index is 13.3. The van der Waals surface area contributed by atoms with Crippen molar-refractivity contribution in [2.24, 2.45) is 5.92 Å². The Morgan fingerprint density at radius 3 is 2.59 bits per heavy atom. The van der Waals surface area contributed by atoms with E-state index in [9.17, 15) is 14.4 Å². The average molecular weight is 392 g/mol. The molecule has 29 heavy (non-hydrogen) atoms. The number of nitrogens with zero attached hydrogens (tertiary/aromatic N) is 2. The highest BCUT2D eigenvalue weighted by Crippen LogP contribution is 2.33. The Labute approximate surface area is 170 Å². The first kappa shape index (κ1) is 19.2. The van der Waals surface area contributed by atoms with E-state index in [2.05, 4.69) is 6.07 Å². The van der Waals surface area contributed by atoms with Gasteiger partial charge in [0, 0.05) is 25.2 Å². The van der Waals surface area contributed by atoms with Crippen LogP contribution in [0, 0.1) is 5.92 Å². The van der Waals surface area contributed by atoms with Crippen molar-refractivity contribution in [2.75, 3.05) is 29.5 Å². The summed E-state index contributed by atoms with van der Waals surface area (Å²) in [6.45, 7) is 2.94. The number of esters is 1. The van der Waals surface area contributed by atoms with E-state index in [4.69, 9.17) is 4.74 Å². The highest BCUT2D eigenvalue weighted by atomic mass is 16.5. The minimum Gasteiger partial charge on any atom is -0.462 e. The molecule has 1 unspecified atom stereocenters. The molecule has 0 saturated carbocycles. The summed E-state index contributed by atoms with van der Waals surface area (Å²) in [7, 11) is 0. The lowest BCUT2D eigenvalue weighted by Crippen LogP contribution is -2.40. The van der Waals surface area contributed by atoms with Gasteiger partial charge < -0.3 is 14.5 Å². The molecule has 6 heteroatoms. The molecule has 0 radical (unpaired) electrons. The Morgan fingerprint density at radius 2 is 1.79 bits per heavy atom. The lowest BCUT2D eigenvalue weighted by atomic mass is 9.99. The van der Waals surface area contributed by atoms with Crippen LogP contribution in [0.1, 0.15) is 35.7 Å². The molecule has 1 fully saturated rings. The van der Waals surface area contributed by atoms with Gasteiger partial charge in [0.1, 0.15) is 0 Å².